The molecule has 0 aliphatic carbocycles. The zero-order valence-corrected chi connectivity index (χ0v) is 11.6. The number of alkyl halides is 1. The van der Waals surface area contributed by atoms with Crippen LogP contribution in [0.25, 0.3) is 0 Å². The smallest absolute Gasteiger partial charge is 0.241 e. The van der Waals surface area contributed by atoms with Gasteiger partial charge in [-0.25, -0.2) is 13.6 Å². The summed E-state index contributed by atoms with van der Waals surface area (Å²) in [6, 6.07) is 3.08. The van der Waals surface area contributed by atoms with Crippen LogP contribution < -0.4 is 9.88 Å². The van der Waals surface area contributed by atoms with Gasteiger partial charge in [0.1, 0.15) is 10.6 Å². The molecule has 0 aromatic heterocycles. The summed E-state index contributed by atoms with van der Waals surface area (Å²) in [4.78, 5) is -0.0942. The van der Waals surface area contributed by atoms with E-state index < -0.39 is 16.7 Å². The molecule has 17 heavy (non-hydrogen) atoms. The van der Waals surface area contributed by atoms with Crippen LogP contribution >= 0.6 is 15.9 Å². The van der Waals surface area contributed by atoms with Gasteiger partial charge in [-0.2, -0.15) is 0 Å². The molecule has 96 valence electrons. The van der Waals surface area contributed by atoms with Crippen LogP contribution in [0.2, 0.25) is 0 Å². The molecule has 0 heterocycles. The molecule has 0 saturated heterocycles. The fourth-order valence-electron chi connectivity index (χ4n) is 1.32. The summed E-state index contributed by atoms with van der Waals surface area (Å²) in [5, 5.41) is 5.10. The second-order valence-electron chi connectivity index (χ2n) is 3.49. The minimum Gasteiger partial charge on any atom is -0.492 e. The van der Waals surface area contributed by atoms with Crippen LogP contribution in [0, 0.1) is 6.92 Å². The number of halogens is 2. The lowest BCUT2D eigenvalue weighted by Gasteiger charge is -2.13. The Morgan fingerprint density at radius 3 is 2.65 bits per heavy atom. The monoisotopic (exact) mass is 325 g/mol. The van der Waals surface area contributed by atoms with E-state index in [-0.39, 0.29) is 23.7 Å². The van der Waals surface area contributed by atoms with Gasteiger partial charge in [0.25, 0.3) is 0 Å². The maximum absolute atomic E-state index is 12.0. The Kier molecular flexibility index (Phi) is 4.91. The molecule has 0 aliphatic heterocycles. The van der Waals surface area contributed by atoms with E-state index in [4.69, 9.17) is 9.88 Å². The highest BCUT2D eigenvalue weighted by atomic mass is 79.9. The number of nitrogens with two attached hydrogens (primary N) is 1. The molecular weight excluding hydrogens is 313 g/mol. The number of rotatable bonds is 5. The number of sulfonamides is 1. The lowest BCUT2D eigenvalue weighted by atomic mass is 10.2. The summed E-state index contributed by atoms with van der Waals surface area (Å²) >= 11 is 3.19. The molecule has 0 fully saturated rings. The minimum atomic E-state index is -3.86. The van der Waals surface area contributed by atoms with E-state index in [9.17, 15) is 12.8 Å². The Labute approximate surface area is 108 Å². The predicted octanol–water partition coefficient (Wildman–Crippen LogP) is 2.14. The van der Waals surface area contributed by atoms with Gasteiger partial charge >= 0.3 is 0 Å². The molecule has 1 rings (SSSR count). The van der Waals surface area contributed by atoms with Crippen LogP contribution in [0.15, 0.2) is 21.5 Å². The lowest BCUT2D eigenvalue weighted by molar-refractivity contribution is 0.281. The standard InChI is InChI=1S/C10H13BrFNO3S/c1-7-5-8(11)6-9(17(13,14)15)10(7)16-4-2-3-12/h5-6H,2-4H2,1H3,(H2,13,14,15). The highest BCUT2D eigenvalue weighted by Crippen LogP contribution is 2.30. The number of primary sulfonamides is 1. The molecule has 0 radical (unpaired) electrons. The van der Waals surface area contributed by atoms with Crippen molar-refractivity contribution in [2.45, 2.75) is 18.2 Å². The second-order valence-corrected chi connectivity index (χ2v) is 5.93. The number of aryl methyl sites for hydroxylation is 1. The first-order valence-electron chi connectivity index (χ1n) is 4.88. The number of hydrogen-bond acceptors (Lipinski definition) is 3. The van der Waals surface area contributed by atoms with E-state index in [2.05, 4.69) is 15.9 Å². The molecular formula is C10H13BrFNO3S. The van der Waals surface area contributed by atoms with Crippen molar-refractivity contribution in [1.29, 1.82) is 0 Å². The van der Waals surface area contributed by atoms with Gasteiger partial charge in [-0.05, 0) is 24.6 Å². The summed E-state index contributed by atoms with van der Waals surface area (Å²) in [6.45, 7) is 1.30. The number of hydrogen-bond donors (Lipinski definition) is 1. The van der Waals surface area contributed by atoms with E-state index in [0.717, 1.165) is 0 Å². The highest BCUT2D eigenvalue weighted by Gasteiger charge is 2.18. The Hall–Kier alpha value is -0.660. The number of ether oxygens (including phenoxy) is 1. The summed E-state index contributed by atoms with van der Waals surface area (Å²) in [6.07, 6.45) is 0.208. The third-order valence-electron chi connectivity index (χ3n) is 2.04. The average molecular weight is 326 g/mol. The third kappa shape index (κ3) is 3.93. The first kappa shape index (κ1) is 14.4. The third-order valence-corrected chi connectivity index (χ3v) is 3.41. The van der Waals surface area contributed by atoms with Crippen molar-refractivity contribution < 1.29 is 17.5 Å². The summed E-state index contributed by atoms with van der Waals surface area (Å²) < 4.78 is 40.6. The summed E-state index contributed by atoms with van der Waals surface area (Å²) in [5.41, 5.74) is 0.627. The lowest BCUT2D eigenvalue weighted by Crippen LogP contribution is -2.15. The quantitative estimate of drug-likeness (QED) is 0.843. The normalized spacial score (nSPS) is 11.5. The largest absolute Gasteiger partial charge is 0.492 e. The molecule has 1 aromatic rings. The molecule has 0 spiro atoms. The fraction of sp³-hybridized carbons (Fsp3) is 0.400. The summed E-state index contributed by atoms with van der Waals surface area (Å²) in [7, 11) is -3.86. The van der Waals surface area contributed by atoms with Crippen molar-refractivity contribution in [3.8, 4) is 5.75 Å². The van der Waals surface area contributed by atoms with Gasteiger partial charge in [0.15, 0.2) is 0 Å². The second kappa shape index (κ2) is 5.79. The molecule has 0 bridgehead atoms. The predicted molar refractivity (Wildman–Crippen MR) is 66.3 cm³/mol. The van der Waals surface area contributed by atoms with E-state index in [1.165, 1.54) is 6.07 Å². The van der Waals surface area contributed by atoms with Crippen LogP contribution in [-0.4, -0.2) is 21.7 Å². The number of benzene rings is 1. The van der Waals surface area contributed by atoms with Crippen molar-refractivity contribution in [2.24, 2.45) is 5.14 Å². The van der Waals surface area contributed by atoms with Gasteiger partial charge in [-0.3, -0.25) is 4.39 Å². The van der Waals surface area contributed by atoms with Gasteiger partial charge in [0.2, 0.25) is 10.0 Å². The minimum absolute atomic E-state index is 0.0942. The zero-order valence-electron chi connectivity index (χ0n) is 9.24. The van der Waals surface area contributed by atoms with Crippen molar-refractivity contribution in [1.82, 2.24) is 0 Å². The van der Waals surface area contributed by atoms with Crippen LogP contribution in [0.3, 0.4) is 0 Å². The van der Waals surface area contributed by atoms with Crippen LogP contribution in [-0.2, 0) is 10.0 Å². The van der Waals surface area contributed by atoms with Gasteiger partial charge in [-0.1, -0.05) is 15.9 Å². The van der Waals surface area contributed by atoms with Crippen LogP contribution in [0.1, 0.15) is 12.0 Å². The topological polar surface area (TPSA) is 69.4 Å². The van der Waals surface area contributed by atoms with Crippen LogP contribution in [0.5, 0.6) is 5.75 Å². The van der Waals surface area contributed by atoms with Gasteiger partial charge in [-0.15, -0.1) is 0 Å². The Balaban J connectivity index is 3.17. The molecule has 4 nitrogen and oxygen atoms in total. The molecule has 7 heteroatoms. The van der Waals surface area contributed by atoms with Crippen molar-refractivity contribution in [3.05, 3.63) is 22.2 Å². The van der Waals surface area contributed by atoms with E-state index in [1.54, 1.807) is 13.0 Å². The van der Waals surface area contributed by atoms with Crippen molar-refractivity contribution >= 4 is 26.0 Å². The van der Waals surface area contributed by atoms with Gasteiger partial charge in [0, 0.05) is 10.9 Å². The molecule has 0 unspecified atom stereocenters. The molecule has 2 N–H and O–H groups in total. The summed E-state index contributed by atoms with van der Waals surface area (Å²) in [5.74, 6) is 0.184. The highest BCUT2D eigenvalue weighted by molar-refractivity contribution is 9.10. The Bertz CT molecular complexity index is 505. The van der Waals surface area contributed by atoms with Gasteiger partial charge in [0.05, 0.1) is 13.3 Å². The SMILES string of the molecule is Cc1cc(Br)cc(S(N)(=O)=O)c1OCCCF. The molecule has 0 aliphatic rings. The zero-order chi connectivity index (χ0) is 13.1. The molecule has 0 amide bonds. The maximum Gasteiger partial charge on any atom is 0.241 e. The van der Waals surface area contributed by atoms with E-state index in [1.807, 2.05) is 0 Å². The van der Waals surface area contributed by atoms with Crippen molar-refractivity contribution in [3.63, 3.8) is 0 Å². The molecule has 0 saturated carbocycles. The first-order valence-corrected chi connectivity index (χ1v) is 7.22. The Morgan fingerprint density at radius 1 is 1.47 bits per heavy atom. The average Bonchev–Trinajstić information content (AvgIpc) is 2.19. The molecule has 1 aromatic carbocycles. The maximum atomic E-state index is 12.0. The van der Waals surface area contributed by atoms with Gasteiger partial charge < -0.3 is 4.74 Å². The van der Waals surface area contributed by atoms with E-state index >= 15 is 0 Å². The molecule has 0 atom stereocenters. The van der Waals surface area contributed by atoms with E-state index in [0.29, 0.717) is 10.0 Å². The Morgan fingerprint density at radius 2 is 2.12 bits per heavy atom. The van der Waals surface area contributed by atoms with Crippen LogP contribution in [0.4, 0.5) is 4.39 Å². The first-order chi connectivity index (χ1) is 7.86. The van der Waals surface area contributed by atoms with Crippen molar-refractivity contribution in [2.75, 3.05) is 13.3 Å². The fourth-order valence-corrected chi connectivity index (χ4v) is 2.82.